The second-order valence-electron chi connectivity index (χ2n) is 8.08. The Morgan fingerprint density at radius 3 is 2.48 bits per heavy atom. The van der Waals surface area contributed by atoms with E-state index in [2.05, 4.69) is 15.4 Å². The predicted molar refractivity (Wildman–Crippen MR) is 106 cm³/mol. The summed E-state index contributed by atoms with van der Waals surface area (Å²) in [5, 5.41) is 5.68. The molecule has 0 atom stereocenters. The zero-order valence-corrected chi connectivity index (χ0v) is 17.0. The Balaban J connectivity index is 1.99. The lowest BCUT2D eigenvalue weighted by molar-refractivity contribution is -0.118. The number of alkyl halides is 2. The molecule has 0 saturated heterocycles. The van der Waals surface area contributed by atoms with E-state index in [1.807, 2.05) is 0 Å². The molecule has 160 valence electrons. The monoisotopic (exact) mass is 410 g/mol. The molecule has 0 unspecified atom stereocenters. The normalized spacial score (nSPS) is 16.1. The Morgan fingerprint density at radius 1 is 1.21 bits per heavy atom. The topological polar surface area (TPSA) is 76.7 Å². The maximum atomic E-state index is 12.5. The first-order chi connectivity index (χ1) is 13.6. The maximum Gasteiger partial charge on any atom is 0.407 e. The Morgan fingerprint density at radius 2 is 1.86 bits per heavy atom. The third-order valence-corrected chi connectivity index (χ3v) is 4.47. The fourth-order valence-corrected chi connectivity index (χ4v) is 3.24. The van der Waals surface area contributed by atoms with Gasteiger partial charge >= 0.3 is 12.7 Å². The van der Waals surface area contributed by atoms with Gasteiger partial charge in [-0.15, -0.1) is 0 Å². The SMILES string of the molecule is CC(C)(C)OC(=O)NCC1(NC(=O)/C=C/c2ccccc2OC(F)F)CCCC1. The van der Waals surface area contributed by atoms with E-state index in [0.29, 0.717) is 5.56 Å². The van der Waals surface area contributed by atoms with E-state index < -0.39 is 23.8 Å². The molecular formula is C21H28F2N2O4. The van der Waals surface area contributed by atoms with E-state index >= 15 is 0 Å². The van der Waals surface area contributed by atoms with E-state index in [-0.39, 0.29) is 18.2 Å². The van der Waals surface area contributed by atoms with Crippen molar-refractivity contribution in [3.63, 3.8) is 0 Å². The minimum absolute atomic E-state index is 0.00581. The summed E-state index contributed by atoms with van der Waals surface area (Å²) in [6.45, 7) is 2.64. The first kappa shape index (κ1) is 22.6. The second-order valence-corrected chi connectivity index (χ2v) is 8.08. The fourth-order valence-electron chi connectivity index (χ4n) is 3.24. The van der Waals surface area contributed by atoms with Crippen LogP contribution in [0.5, 0.6) is 5.75 Å². The predicted octanol–water partition coefficient (Wildman–Crippen LogP) is 4.25. The second kappa shape index (κ2) is 9.71. The van der Waals surface area contributed by atoms with Gasteiger partial charge in [-0.25, -0.2) is 4.79 Å². The largest absolute Gasteiger partial charge is 0.444 e. The van der Waals surface area contributed by atoms with Crippen LogP contribution in [0, 0.1) is 0 Å². The molecule has 29 heavy (non-hydrogen) atoms. The van der Waals surface area contributed by atoms with Crippen molar-refractivity contribution in [1.29, 1.82) is 0 Å². The van der Waals surface area contributed by atoms with Crippen LogP contribution >= 0.6 is 0 Å². The van der Waals surface area contributed by atoms with Crippen LogP contribution in [0.25, 0.3) is 6.08 Å². The van der Waals surface area contributed by atoms with Crippen molar-refractivity contribution in [3.05, 3.63) is 35.9 Å². The van der Waals surface area contributed by atoms with Gasteiger partial charge in [-0.2, -0.15) is 8.78 Å². The molecule has 0 bridgehead atoms. The third kappa shape index (κ3) is 7.71. The van der Waals surface area contributed by atoms with Crippen molar-refractivity contribution in [1.82, 2.24) is 10.6 Å². The summed E-state index contributed by atoms with van der Waals surface area (Å²) in [5.41, 5.74) is -0.792. The molecule has 1 fully saturated rings. The highest BCUT2D eigenvalue weighted by Gasteiger charge is 2.35. The molecule has 2 rings (SSSR count). The van der Waals surface area contributed by atoms with E-state index in [9.17, 15) is 18.4 Å². The molecule has 1 aromatic carbocycles. The molecule has 0 aromatic heterocycles. The van der Waals surface area contributed by atoms with Gasteiger partial charge in [0.1, 0.15) is 11.4 Å². The minimum atomic E-state index is -2.95. The molecule has 0 heterocycles. The molecule has 0 radical (unpaired) electrons. The summed E-state index contributed by atoms with van der Waals surface area (Å²) in [7, 11) is 0. The molecule has 1 aliphatic carbocycles. The van der Waals surface area contributed by atoms with Crippen molar-refractivity contribution < 1.29 is 27.8 Å². The lowest BCUT2D eigenvalue weighted by Crippen LogP contribution is -2.54. The highest BCUT2D eigenvalue weighted by atomic mass is 19.3. The summed E-state index contributed by atoms with van der Waals surface area (Å²) >= 11 is 0. The lowest BCUT2D eigenvalue weighted by atomic mass is 9.97. The van der Waals surface area contributed by atoms with Crippen LogP contribution in [0.1, 0.15) is 52.0 Å². The number of nitrogens with one attached hydrogen (secondary N) is 2. The summed E-state index contributed by atoms with van der Waals surface area (Å²) in [4.78, 5) is 24.4. The summed E-state index contributed by atoms with van der Waals surface area (Å²) in [5.74, 6) is -0.376. The van der Waals surface area contributed by atoms with Gasteiger partial charge in [0.05, 0.1) is 5.54 Å². The number of benzene rings is 1. The molecule has 8 heteroatoms. The number of halogens is 2. The van der Waals surface area contributed by atoms with Crippen molar-refractivity contribution in [2.24, 2.45) is 0 Å². The van der Waals surface area contributed by atoms with E-state index in [1.165, 1.54) is 18.2 Å². The molecule has 2 N–H and O–H groups in total. The Bertz CT molecular complexity index is 738. The van der Waals surface area contributed by atoms with Crippen LogP contribution in [0.2, 0.25) is 0 Å². The number of amides is 2. The number of hydrogen-bond donors (Lipinski definition) is 2. The van der Waals surface area contributed by atoms with Gasteiger partial charge in [-0.05, 0) is 45.8 Å². The number of alkyl carbamates (subject to hydrolysis) is 1. The van der Waals surface area contributed by atoms with E-state index in [0.717, 1.165) is 25.7 Å². The standard InChI is InChI=1S/C21H28F2N2O4/c1-20(2,3)29-19(27)24-14-21(12-6-7-13-21)25-17(26)11-10-15-8-4-5-9-16(15)28-18(22)23/h4-5,8-11,18H,6-7,12-14H2,1-3H3,(H,24,27)(H,25,26)/b11-10+. The van der Waals surface area contributed by atoms with Crippen molar-refractivity contribution in [2.75, 3.05) is 6.54 Å². The first-order valence-corrected chi connectivity index (χ1v) is 9.60. The first-order valence-electron chi connectivity index (χ1n) is 9.60. The van der Waals surface area contributed by atoms with Crippen molar-refractivity contribution in [2.45, 2.75) is 64.2 Å². The van der Waals surface area contributed by atoms with Crippen LogP contribution in [0.15, 0.2) is 30.3 Å². The molecule has 1 aromatic rings. The van der Waals surface area contributed by atoms with Gasteiger partial charge < -0.3 is 20.1 Å². The van der Waals surface area contributed by atoms with Gasteiger partial charge in [0.15, 0.2) is 0 Å². The fraction of sp³-hybridized carbons (Fsp3) is 0.524. The maximum absolute atomic E-state index is 12.5. The number of para-hydroxylation sites is 1. The van der Waals surface area contributed by atoms with Crippen molar-refractivity contribution in [3.8, 4) is 5.75 Å². The van der Waals surface area contributed by atoms with Gasteiger partial charge in [0.25, 0.3) is 0 Å². The highest BCUT2D eigenvalue weighted by molar-refractivity contribution is 5.92. The number of ether oxygens (including phenoxy) is 2. The average molecular weight is 410 g/mol. The van der Waals surface area contributed by atoms with Gasteiger partial charge in [0, 0.05) is 18.2 Å². The molecule has 2 amide bonds. The zero-order valence-electron chi connectivity index (χ0n) is 17.0. The molecule has 0 aliphatic heterocycles. The van der Waals surface area contributed by atoms with Crippen LogP contribution in [0.3, 0.4) is 0 Å². The van der Waals surface area contributed by atoms with Gasteiger partial charge in [-0.3, -0.25) is 4.79 Å². The van der Waals surface area contributed by atoms with Crippen molar-refractivity contribution >= 4 is 18.1 Å². The quantitative estimate of drug-likeness (QED) is 0.659. The molecule has 0 spiro atoms. The Hall–Kier alpha value is -2.64. The third-order valence-electron chi connectivity index (χ3n) is 4.47. The highest BCUT2D eigenvalue weighted by Crippen LogP contribution is 2.29. The van der Waals surface area contributed by atoms with Crippen LogP contribution in [-0.2, 0) is 9.53 Å². The number of carbonyl (C=O) groups is 2. The van der Waals surface area contributed by atoms with E-state index in [1.54, 1.807) is 39.0 Å². The summed E-state index contributed by atoms with van der Waals surface area (Å²) in [6.07, 6.45) is 5.50. The summed E-state index contributed by atoms with van der Waals surface area (Å²) in [6, 6.07) is 6.23. The Labute approximate surface area is 169 Å². The molecule has 1 saturated carbocycles. The smallest absolute Gasteiger partial charge is 0.407 e. The average Bonchev–Trinajstić information content (AvgIpc) is 3.06. The molecular weight excluding hydrogens is 382 g/mol. The lowest BCUT2D eigenvalue weighted by Gasteiger charge is -2.30. The van der Waals surface area contributed by atoms with Crippen LogP contribution in [-0.4, -0.2) is 36.3 Å². The zero-order chi connectivity index (χ0) is 21.5. The number of carbonyl (C=O) groups excluding carboxylic acids is 2. The van der Waals surface area contributed by atoms with E-state index in [4.69, 9.17) is 4.74 Å². The Kier molecular flexibility index (Phi) is 7.59. The summed E-state index contributed by atoms with van der Waals surface area (Å²) < 4.78 is 34.7. The number of hydrogen-bond acceptors (Lipinski definition) is 4. The minimum Gasteiger partial charge on any atom is -0.444 e. The molecule has 1 aliphatic rings. The molecule has 6 nitrogen and oxygen atoms in total. The van der Waals surface area contributed by atoms with Crippen LogP contribution in [0.4, 0.5) is 13.6 Å². The van der Waals surface area contributed by atoms with Gasteiger partial charge in [-0.1, -0.05) is 31.0 Å². The number of rotatable bonds is 7. The van der Waals surface area contributed by atoms with Crippen LogP contribution < -0.4 is 15.4 Å². The van der Waals surface area contributed by atoms with Gasteiger partial charge in [0.2, 0.25) is 5.91 Å².